The van der Waals surface area contributed by atoms with Gasteiger partial charge in [-0.25, -0.2) is 0 Å². The van der Waals surface area contributed by atoms with E-state index in [4.69, 9.17) is 15.0 Å². The monoisotopic (exact) mass is 284 g/mol. The molecule has 2 fully saturated rings. The van der Waals surface area contributed by atoms with Gasteiger partial charge in [0.2, 0.25) is 0 Å². The fourth-order valence-corrected chi connectivity index (χ4v) is 3.93. The fourth-order valence-electron chi connectivity index (χ4n) is 3.93. The molecule has 21 heavy (non-hydrogen) atoms. The van der Waals surface area contributed by atoms with Crippen LogP contribution in [0.5, 0.6) is 5.75 Å². The van der Waals surface area contributed by atoms with Gasteiger partial charge < -0.3 is 15.0 Å². The van der Waals surface area contributed by atoms with E-state index in [9.17, 15) is 0 Å². The number of benzene rings is 1. The first-order valence-electron chi connectivity index (χ1n) is 7.78. The molecule has 2 unspecified atom stereocenters. The number of aromatic nitrogens is 1. The predicted octanol–water partition coefficient (Wildman–Crippen LogP) is 3.84. The van der Waals surface area contributed by atoms with Crippen LogP contribution in [0.1, 0.15) is 37.9 Å². The second-order valence-electron chi connectivity index (χ2n) is 6.05. The van der Waals surface area contributed by atoms with E-state index >= 15 is 0 Å². The summed E-state index contributed by atoms with van der Waals surface area (Å²) in [5.74, 6) is 4.48. The lowest BCUT2D eigenvalue weighted by Gasteiger charge is -2.06. The molecule has 0 amide bonds. The van der Waals surface area contributed by atoms with Crippen molar-refractivity contribution in [3.8, 4) is 16.9 Å². The van der Waals surface area contributed by atoms with Gasteiger partial charge in [-0.3, -0.25) is 0 Å². The normalized spacial score (nSPS) is 26.6. The molecule has 0 spiro atoms. The molecule has 4 nitrogen and oxygen atoms in total. The van der Waals surface area contributed by atoms with Crippen LogP contribution in [0, 0.1) is 11.8 Å². The van der Waals surface area contributed by atoms with Crippen molar-refractivity contribution in [2.75, 3.05) is 12.3 Å². The number of nitrogen functional groups attached to an aromatic ring is 1. The summed E-state index contributed by atoms with van der Waals surface area (Å²) >= 11 is 0. The molecular formula is C17H20N2O2. The van der Waals surface area contributed by atoms with Gasteiger partial charge in [0.15, 0.2) is 5.82 Å². The van der Waals surface area contributed by atoms with E-state index in [1.54, 1.807) is 0 Å². The van der Waals surface area contributed by atoms with Gasteiger partial charge in [-0.2, -0.15) is 0 Å². The van der Waals surface area contributed by atoms with Crippen molar-refractivity contribution in [3.05, 3.63) is 30.0 Å². The van der Waals surface area contributed by atoms with E-state index < -0.39 is 0 Å². The summed E-state index contributed by atoms with van der Waals surface area (Å²) in [6.07, 6.45) is 3.99. The molecule has 2 saturated carbocycles. The van der Waals surface area contributed by atoms with Gasteiger partial charge in [0.25, 0.3) is 0 Å². The molecule has 0 bridgehead atoms. The minimum absolute atomic E-state index is 0.499. The first-order chi connectivity index (χ1) is 10.3. The second-order valence-corrected chi connectivity index (χ2v) is 6.05. The maximum atomic E-state index is 6.05. The van der Waals surface area contributed by atoms with Crippen LogP contribution in [0.15, 0.2) is 28.8 Å². The fraction of sp³-hybridized carbons (Fsp3) is 0.471. The average Bonchev–Trinajstić information content (AvgIpc) is 2.86. The van der Waals surface area contributed by atoms with Crippen LogP contribution in [0.2, 0.25) is 0 Å². The molecular weight excluding hydrogens is 264 g/mol. The largest absolute Gasteiger partial charge is 0.494 e. The van der Waals surface area contributed by atoms with Gasteiger partial charge in [-0.05, 0) is 49.3 Å². The van der Waals surface area contributed by atoms with Crippen molar-refractivity contribution in [1.29, 1.82) is 0 Å². The van der Waals surface area contributed by atoms with Gasteiger partial charge in [-0.1, -0.05) is 23.7 Å². The maximum absolute atomic E-state index is 6.05. The van der Waals surface area contributed by atoms with E-state index in [2.05, 4.69) is 5.16 Å². The van der Waals surface area contributed by atoms with Crippen molar-refractivity contribution in [2.24, 2.45) is 11.8 Å². The number of nitrogens with two attached hydrogens (primary N) is 1. The van der Waals surface area contributed by atoms with Crippen molar-refractivity contribution in [2.45, 2.75) is 32.1 Å². The Bertz CT molecular complexity index is 637. The molecule has 1 aromatic carbocycles. The summed E-state index contributed by atoms with van der Waals surface area (Å²) in [6, 6.07) is 8.02. The van der Waals surface area contributed by atoms with E-state index in [1.165, 1.54) is 19.3 Å². The van der Waals surface area contributed by atoms with Crippen LogP contribution in [-0.4, -0.2) is 11.8 Å². The number of hydrogen-bond acceptors (Lipinski definition) is 4. The number of anilines is 1. The average molecular weight is 284 g/mol. The third kappa shape index (κ3) is 2.01. The molecule has 0 aliphatic heterocycles. The lowest BCUT2D eigenvalue weighted by Crippen LogP contribution is -1.94. The zero-order valence-corrected chi connectivity index (χ0v) is 12.2. The summed E-state index contributed by atoms with van der Waals surface area (Å²) in [5, 5.41) is 4.01. The summed E-state index contributed by atoms with van der Waals surface area (Å²) in [4.78, 5) is 0. The van der Waals surface area contributed by atoms with Gasteiger partial charge in [0.05, 0.1) is 12.2 Å². The first-order valence-corrected chi connectivity index (χ1v) is 7.78. The van der Waals surface area contributed by atoms with E-state index in [0.29, 0.717) is 18.3 Å². The minimum atomic E-state index is 0.499. The van der Waals surface area contributed by atoms with E-state index in [0.717, 1.165) is 34.5 Å². The highest BCUT2D eigenvalue weighted by Crippen LogP contribution is 2.64. The quantitative estimate of drug-likeness (QED) is 0.926. The van der Waals surface area contributed by atoms with Crippen LogP contribution in [0.25, 0.3) is 11.1 Å². The Morgan fingerprint density at radius 2 is 1.95 bits per heavy atom. The van der Waals surface area contributed by atoms with Crippen molar-refractivity contribution in [3.63, 3.8) is 0 Å². The smallest absolute Gasteiger partial charge is 0.175 e. The molecule has 1 aromatic heterocycles. The lowest BCUT2D eigenvalue weighted by molar-refractivity contribution is 0.340. The Labute approximate surface area is 124 Å². The molecule has 4 rings (SSSR count). The van der Waals surface area contributed by atoms with Crippen LogP contribution >= 0.6 is 0 Å². The number of ether oxygens (including phenoxy) is 1. The molecule has 4 heteroatoms. The summed E-state index contributed by atoms with van der Waals surface area (Å²) in [6.45, 7) is 2.65. The topological polar surface area (TPSA) is 61.3 Å². The molecule has 2 aliphatic carbocycles. The molecule has 2 aliphatic rings. The Balaban J connectivity index is 1.66. The zero-order valence-electron chi connectivity index (χ0n) is 12.2. The minimum Gasteiger partial charge on any atom is -0.494 e. The van der Waals surface area contributed by atoms with Crippen molar-refractivity contribution >= 4 is 5.82 Å². The molecule has 2 atom stereocenters. The van der Waals surface area contributed by atoms with Crippen molar-refractivity contribution < 1.29 is 9.26 Å². The lowest BCUT2D eigenvalue weighted by atomic mass is 10.00. The Kier molecular flexibility index (Phi) is 2.91. The van der Waals surface area contributed by atoms with Crippen LogP contribution in [-0.2, 0) is 0 Å². The Morgan fingerprint density at radius 3 is 2.62 bits per heavy atom. The van der Waals surface area contributed by atoms with Gasteiger partial charge >= 0.3 is 0 Å². The molecule has 0 radical (unpaired) electrons. The summed E-state index contributed by atoms with van der Waals surface area (Å²) in [5.41, 5.74) is 8.10. The third-order valence-corrected chi connectivity index (χ3v) is 4.91. The first kappa shape index (κ1) is 12.7. The van der Waals surface area contributed by atoms with Crippen LogP contribution in [0.4, 0.5) is 5.82 Å². The Morgan fingerprint density at radius 1 is 1.24 bits per heavy atom. The third-order valence-electron chi connectivity index (χ3n) is 4.91. The summed E-state index contributed by atoms with van der Waals surface area (Å²) in [7, 11) is 0. The highest BCUT2D eigenvalue weighted by atomic mass is 16.5. The molecule has 2 N–H and O–H groups in total. The summed E-state index contributed by atoms with van der Waals surface area (Å²) < 4.78 is 11.1. The maximum Gasteiger partial charge on any atom is 0.175 e. The van der Waals surface area contributed by atoms with E-state index in [1.807, 2.05) is 31.2 Å². The Hall–Kier alpha value is -1.97. The van der Waals surface area contributed by atoms with Crippen LogP contribution < -0.4 is 10.5 Å². The predicted molar refractivity (Wildman–Crippen MR) is 81.1 cm³/mol. The van der Waals surface area contributed by atoms with Gasteiger partial charge in [0, 0.05) is 5.92 Å². The number of nitrogens with zero attached hydrogens (tertiary/aromatic N) is 1. The molecule has 110 valence electrons. The zero-order chi connectivity index (χ0) is 14.4. The highest BCUT2D eigenvalue weighted by molar-refractivity contribution is 5.76. The SMILES string of the molecule is CCOc1ccc(-c2c(N)noc2C2C3CCCC32)cc1. The molecule has 1 heterocycles. The van der Waals surface area contributed by atoms with Crippen LogP contribution in [0.3, 0.4) is 0 Å². The molecule has 0 saturated heterocycles. The van der Waals surface area contributed by atoms with Gasteiger partial charge in [0.1, 0.15) is 11.5 Å². The standard InChI is InChI=1S/C17H20N2O2/c1-2-20-11-8-6-10(7-9-11)14-16(21-19-17(14)18)15-12-4-3-5-13(12)15/h6-9,12-13,15H,2-5H2,1H3,(H2,18,19). The van der Waals surface area contributed by atoms with Gasteiger partial charge in [-0.15, -0.1) is 0 Å². The number of hydrogen-bond donors (Lipinski definition) is 1. The second kappa shape index (κ2) is 4.79. The van der Waals surface area contributed by atoms with E-state index in [-0.39, 0.29) is 0 Å². The molecule has 2 aromatic rings. The number of fused-ring (bicyclic) bond motifs is 1. The highest BCUT2D eigenvalue weighted by Gasteiger charge is 2.56. The number of rotatable bonds is 4. The van der Waals surface area contributed by atoms with Crippen molar-refractivity contribution in [1.82, 2.24) is 5.16 Å².